The third-order valence-corrected chi connectivity index (χ3v) is 1.77. The summed E-state index contributed by atoms with van der Waals surface area (Å²) in [7, 11) is 0. The van der Waals surface area contributed by atoms with Crippen molar-refractivity contribution >= 4 is 6.08 Å². The Hall–Kier alpha value is -1.18. The molecule has 0 saturated heterocycles. The van der Waals surface area contributed by atoms with Gasteiger partial charge in [0.2, 0.25) is 0 Å². The van der Waals surface area contributed by atoms with Gasteiger partial charge < -0.3 is 0 Å². The van der Waals surface area contributed by atoms with E-state index in [9.17, 15) is 4.39 Å². The van der Waals surface area contributed by atoms with Crippen molar-refractivity contribution in [2.24, 2.45) is 4.99 Å². The summed E-state index contributed by atoms with van der Waals surface area (Å²) in [5.41, 5.74) is 0. The third-order valence-electron chi connectivity index (χ3n) is 1.77. The molecule has 0 aromatic heterocycles. The number of fused-ring (bicyclic) bond motifs is 1. The van der Waals surface area contributed by atoms with Gasteiger partial charge in [0.05, 0.1) is 5.36 Å². The minimum absolute atomic E-state index is 0.206. The SMILES string of the molecule is Fc1ccc2c(c1)=NCCC=2. The average Bonchev–Trinajstić information content (AvgIpc) is 2.04. The van der Waals surface area contributed by atoms with Crippen LogP contribution in [-0.2, 0) is 0 Å². The van der Waals surface area contributed by atoms with Crippen molar-refractivity contribution in [3.8, 4) is 0 Å². The van der Waals surface area contributed by atoms with Crippen LogP contribution in [0.1, 0.15) is 6.42 Å². The molecular weight excluding hydrogens is 141 g/mol. The van der Waals surface area contributed by atoms with Crippen LogP contribution in [0.25, 0.3) is 6.08 Å². The lowest BCUT2D eigenvalue weighted by Crippen LogP contribution is -2.28. The monoisotopic (exact) mass is 149 g/mol. The van der Waals surface area contributed by atoms with Crippen LogP contribution in [0.4, 0.5) is 4.39 Å². The van der Waals surface area contributed by atoms with Crippen LogP contribution in [0.5, 0.6) is 0 Å². The van der Waals surface area contributed by atoms with Crippen LogP contribution in [0.3, 0.4) is 0 Å². The number of halogens is 1. The molecule has 0 N–H and O–H groups in total. The molecule has 11 heavy (non-hydrogen) atoms. The van der Waals surface area contributed by atoms with E-state index in [1.165, 1.54) is 12.1 Å². The highest BCUT2D eigenvalue weighted by atomic mass is 19.1. The van der Waals surface area contributed by atoms with Gasteiger partial charge in [0, 0.05) is 6.54 Å². The van der Waals surface area contributed by atoms with E-state index in [0.29, 0.717) is 0 Å². The molecule has 1 heterocycles. The van der Waals surface area contributed by atoms with E-state index in [0.717, 1.165) is 23.5 Å². The normalized spacial score (nSPS) is 14.6. The van der Waals surface area contributed by atoms with E-state index in [1.54, 1.807) is 6.07 Å². The largest absolute Gasteiger partial charge is 0.284 e. The molecule has 1 aliphatic heterocycles. The summed E-state index contributed by atoms with van der Waals surface area (Å²) in [5, 5.41) is 1.84. The minimum atomic E-state index is -0.206. The van der Waals surface area contributed by atoms with E-state index in [1.807, 2.05) is 0 Å². The summed E-state index contributed by atoms with van der Waals surface area (Å²) in [6, 6.07) is 4.72. The Morgan fingerprint density at radius 2 is 2.27 bits per heavy atom. The fraction of sp³-hybridized carbons (Fsp3) is 0.222. The predicted octanol–water partition coefficient (Wildman–Crippen LogP) is 0.630. The number of hydrogen-bond acceptors (Lipinski definition) is 1. The van der Waals surface area contributed by atoms with Crippen LogP contribution in [0, 0.1) is 5.82 Å². The van der Waals surface area contributed by atoms with E-state index < -0.39 is 0 Å². The van der Waals surface area contributed by atoms with Gasteiger partial charge >= 0.3 is 0 Å². The fourth-order valence-electron chi connectivity index (χ4n) is 1.23. The molecule has 2 heteroatoms. The maximum Gasteiger partial charge on any atom is 0.125 e. The summed E-state index contributed by atoms with van der Waals surface area (Å²) in [5.74, 6) is -0.206. The molecule has 1 aromatic carbocycles. The lowest BCUT2D eigenvalue weighted by molar-refractivity contribution is 0.624. The zero-order chi connectivity index (χ0) is 7.68. The van der Waals surface area contributed by atoms with Gasteiger partial charge in [0.1, 0.15) is 5.82 Å². The van der Waals surface area contributed by atoms with E-state index in [4.69, 9.17) is 0 Å². The van der Waals surface area contributed by atoms with Crippen LogP contribution < -0.4 is 10.6 Å². The minimum Gasteiger partial charge on any atom is -0.284 e. The molecule has 56 valence electrons. The van der Waals surface area contributed by atoms with E-state index >= 15 is 0 Å². The Balaban J connectivity index is 2.80. The molecule has 0 radical (unpaired) electrons. The van der Waals surface area contributed by atoms with Crippen LogP contribution in [0.2, 0.25) is 0 Å². The first-order valence-corrected chi connectivity index (χ1v) is 3.66. The lowest BCUT2D eigenvalue weighted by atomic mass is 10.2. The van der Waals surface area contributed by atoms with Crippen molar-refractivity contribution in [3.63, 3.8) is 0 Å². The Morgan fingerprint density at radius 1 is 1.36 bits per heavy atom. The molecule has 1 nitrogen and oxygen atoms in total. The van der Waals surface area contributed by atoms with Gasteiger partial charge in [-0.05, 0) is 23.8 Å². The van der Waals surface area contributed by atoms with Gasteiger partial charge in [-0.15, -0.1) is 0 Å². The van der Waals surface area contributed by atoms with Crippen molar-refractivity contribution in [1.29, 1.82) is 0 Å². The molecular formula is C9H8FN. The Labute approximate surface area is 63.9 Å². The fourth-order valence-corrected chi connectivity index (χ4v) is 1.23. The van der Waals surface area contributed by atoms with Gasteiger partial charge in [-0.3, -0.25) is 4.99 Å². The van der Waals surface area contributed by atoms with Gasteiger partial charge in [-0.2, -0.15) is 0 Å². The smallest absolute Gasteiger partial charge is 0.125 e. The standard InChI is InChI=1S/C9H8FN/c10-8-4-3-7-2-1-5-11-9(7)6-8/h2-4,6H,1,5H2. The Kier molecular flexibility index (Phi) is 1.46. The van der Waals surface area contributed by atoms with E-state index in [2.05, 4.69) is 11.1 Å². The molecule has 0 fully saturated rings. The van der Waals surface area contributed by atoms with Gasteiger partial charge in [0.25, 0.3) is 0 Å². The zero-order valence-corrected chi connectivity index (χ0v) is 6.05. The highest BCUT2D eigenvalue weighted by Gasteiger charge is 1.94. The highest BCUT2D eigenvalue weighted by molar-refractivity contribution is 5.25. The molecule has 1 aliphatic rings. The van der Waals surface area contributed by atoms with Gasteiger partial charge in [0.15, 0.2) is 0 Å². The summed E-state index contributed by atoms with van der Waals surface area (Å²) >= 11 is 0. The van der Waals surface area contributed by atoms with Crippen molar-refractivity contribution in [2.45, 2.75) is 6.42 Å². The third kappa shape index (κ3) is 1.16. The van der Waals surface area contributed by atoms with Crippen molar-refractivity contribution in [1.82, 2.24) is 0 Å². The average molecular weight is 149 g/mol. The second-order valence-electron chi connectivity index (χ2n) is 2.58. The number of hydrogen-bond donors (Lipinski definition) is 0. The van der Waals surface area contributed by atoms with E-state index in [-0.39, 0.29) is 5.82 Å². The maximum atomic E-state index is 12.6. The highest BCUT2D eigenvalue weighted by Crippen LogP contribution is 1.90. The molecule has 0 unspecified atom stereocenters. The first-order valence-electron chi connectivity index (χ1n) is 3.66. The summed E-state index contributed by atoms with van der Waals surface area (Å²) in [6.45, 7) is 0.788. The second-order valence-corrected chi connectivity index (χ2v) is 2.58. The lowest BCUT2D eigenvalue weighted by Gasteiger charge is -1.97. The molecule has 0 spiro atoms. The van der Waals surface area contributed by atoms with Crippen molar-refractivity contribution in [2.75, 3.05) is 6.54 Å². The van der Waals surface area contributed by atoms with Crippen LogP contribution in [0.15, 0.2) is 23.2 Å². The molecule has 0 aliphatic carbocycles. The molecule has 0 bridgehead atoms. The molecule has 0 atom stereocenters. The van der Waals surface area contributed by atoms with Crippen LogP contribution in [-0.4, -0.2) is 6.54 Å². The van der Waals surface area contributed by atoms with Crippen LogP contribution >= 0.6 is 0 Å². The van der Waals surface area contributed by atoms with Crippen molar-refractivity contribution < 1.29 is 4.39 Å². The Morgan fingerprint density at radius 3 is 3.18 bits per heavy atom. The summed E-state index contributed by atoms with van der Waals surface area (Å²) < 4.78 is 12.6. The number of benzene rings is 1. The molecule has 2 rings (SSSR count). The first-order chi connectivity index (χ1) is 5.36. The topological polar surface area (TPSA) is 12.4 Å². The molecule has 0 amide bonds. The molecule has 1 aromatic rings. The zero-order valence-electron chi connectivity index (χ0n) is 6.05. The van der Waals surface area contributed by atoms with Crippen molar-refractivity contribution in [3.05, 3.63) is 34.6 Å². The Bertz CT molecular complexity index is 381. The van der Waals surface area contributed by atoms with Gasteiger partial charge in [-0.25, -0.2) is 4.39 Å². The number of rotatable bonds is 0. The van der Waals surface area contributed by atoms with Gasteiger partial charge in [-0.1, -0.05) is 12.1 Å². The number of nitrogens with zero attached hydrogens (tertiary/aromatic N) is 1. The summed E-state index contributed by atoms with van der Waals surface area (Å²) in [6.07, 6.45) is 3.06. The quantitative estimate of drug-likeness (QED) is 0.513. The predicted molar refractivity (Wildman–Crippen MR) is 41.1 cm³/mol. The summed E-state index contributed by atoms with van der Waals surface area (Å²) in [4.78, 5) is 4.18. The first kappa shape index (κ1) is 6.53. The second kappa shape index (κ2) is 2.46. The maximum absolute atomic E-state index is 12.6. The molecule has 0 saturated carbocycles.